The Morgan fingerprint density at radius 2 is 1.81 bits per heavy atom. The second kappa shape index (κ2) is 6.76. The fourth-order valence-corrected chi connectivity index (χ4v) is 2.81. The molecule has 0 aliphatic heterocycles. The molecule has 0 saturated heterocycles. The van der Waals surface area contributed by atoms with Crippen molar-refractivity contribution in [3.05, 3.63) is 46.1 Å². The summed E-state index contributed by atoms with van der Waals surface area (Å²) in [5.41, 5.74) is 0.690. The SMILES string of the molecule is CC(/C=C/C=C1/C=C(Cl)CC(C)(C)C1)=C(C(=O)O)C(=O)O. The minimum Gasteiger partial charge on any atom is -0.477 e. The molecule has 4 nitrogen and oxygen atoms in total. The Labute approximate surface area is 129 Å². The van der Waals surface area contributed by atoms with Gasteiger partial charge in [0, 0.05) is 5.03 Å². The molecule has 0 bridgehead atoms. The summed E-state index contributed by atoms with van der Waals surface area (Å²) in [6.45, 7) is 5.70. The minimum absolute atomic E-state index is 0.0870. The van der Waals surface area contributed by atoms with Crippen LogP contribution >= 0.6 is 11.6 Å². The van der Waals surface area contributed by atoms with Gasteiger partial charge in [0.1, 0.15) is 5.57 Å². The van der Waals surface area contributed by atoms with Crippen molar-refractivity contribution < 1.29 is 19.8 Å². The lowest BCUT2D eigenvalue weighted by atomic mass is 9.78. The smallest absolute Gasteiger partial charge is 0.343 e. The van der Waals surface area contributed by atoms with Gasteiger partial charge in [0.05, 0.1) is 0 Å². The maximum absolute atomic E-state index is 10.9. The van der Waals surface area contributed by atoms with Crippen LogP contribution in [0.25, 0.3) is 0 Å². The normalized spacial score (nSPS) is 19.4. The van der Waals surface area contributed by atoms with E-state index in [1.54, 1.807) is 6.08 Å². The third-order valence-electron chi connectivity index (χ3n) is 3.15. The van der Waals surface area contributed by atoms with E-state index in [-0.39, 0.29) is 11.0 Å². The zero-order chi connectivity index (χ0) is 16.2. The van der Waals surface area contributed by atoms with Crippen LogP contribution in [0.15, 0.2) is 46.1 Å². The van der Waals surface area contributed by atoms with E-state index in [0.717, 1.165) is 23.4 Å². The van der Waals surface area contributed by atoms with Crippen LogP contribution in [0.4, 0.5) is 0 Å². The molecule has 1 aliphatic rings. The van der Waals surface area contributed by atoms with E-state index < -0.39 is 17.5 Å². The number of halogens is 1. The van der Waals surface area contributed by atoms with Crippen molar-refractivity contribution in [2.45, 2.75) is 33.6 Å². The number of aliphatic carboxylic acids is 2. The first-order valence-electron chi connectivity index (χ1n) is 6.53. The zero-order valence-electron chi connectivity index (χ0n) is 12.3. The van der Waals surface area contributed by atoms with Gasteiger partial charge in [-0.15, -0.1) is 0 Å². The van der Waals surface area contributed by atoms with Gasteiger partial charge in [0.2, 0.25) is 0 Å². The van der Waals surface area contributed by atoms with Crippen LogP contribution in [0, 0.1) is 5.41 Å². The number of rotatable bonds is 4. The second-order valence-corrected chi connectivity index (χ2v) is 6.36. The molecule has 0 saturated carbocycles. The Hall–Kier alpha value is -1.81. The van der Waals surface area contributed by atoms with Gasteiger partial charge in [-0.2, -0.15) is 0 Å². The summed E-state index contributed by atoms with van der Waals surface area (Å²) in [4.78, 5) is 21.7. The second-order valence-electron chi connectivity index (χ2n) is 5.88. The summed E-state index contributed by atoms with van der Waals surface area (Å²) in [5.74, 6) is -2.89. The molecule has 0 spiro atoms. The van der Waals surface area contributed by atoms with E-state index >= 15 is 0 Å². The predicted molar refractivity (Wildman–Crippen MR) is 82.1 cm³/mol. The lowest BCUT2D eigenvalue weighted by molar-refractivity contribution is -0.140. The molecule has 5 heteroatoms. The fourth-order valence-electron chi connectivity index (χ4n) is 2.31. The predicted octanol–water partition coefficient (Wildman–Crippen LogP) is 3.90. The Balaban J connectivity index is 2.98. The largest absolute Gasteiger partial charge is 0.477 e. The zero-order valence-corrected chi connectivity index (χ0v) is 13.1. The lowest BCUT2D eigenvalue weighted by Gasteiger charge is -2.29. The molecular formula is C16H19ClO4. The number of carboxylic acid groups (broad SMARTS) is 2. The molecule has 0 unspecified atom stereocenters. The van der Waals surface area contributed by atoms with Crippen LogP contribution in [0.5, 0.6) is 0 Å². The van der Waals surface area contributed by atoms with Crippen LogP contribution in [-0.2, 0) is 9.59 Å². The molecule has 21 heavy (non-hydrogen) atoms. The molecule has 0 aromatic rings. The molecule has 0 aromatic heterocycles. The van der Waals surface area contributed by atoms with Crippen LogP contribution in [0.1, 0.15) is 33.6 Å². The molecule has 0 atom stereocenters. The number of carboxylic acids is 2. The van der Waals surface area contributed by atoms with Crippen molar-refractivity contribution in [3.63, 3.8) is 0 Å². The first-order valence-corrected chi connectivity index (χ1v) is 6.91. The van der Waals surface area contributed by atoms with Crippen molar-refractivity contribution in [3.8, 4) is 0 Å². The average molecular weight is 311 g/mol. The maximum Gasteiger partial charge on any atom is 0.343 e. The van der Waals surface area contributed by atoms with Crippen molar-refractivity contribution in [2.75, 3.05) is 0 Å². The molecule has 114 valence electrons. The van der Waals surface area contributed by atoms with E-state index in [9.17, 15) is 9.59 Å². The maximum atomic E-state index is 10.9. The van der Waals surface area contributed by atoms with Gasteiger partial charge in [-0.3, -0.25) is 0 Å². The fraction of sp³-hybridized carbons (Fsp3) is 0.375. The quantitative estimate of drug-likeness (QED) is 0.357. The first kappa shape index (κ1) is 17.2. The van der Waals surface area contributed by atoms with Crippen molar-refractivity contribution in [2.24, 2.45) is 5.41 Å². The molecule has 0 aromatic carbocycles. The highest BCUT2D eigenvalue weighted by atomic mass is 35.5. The van der Waals surface area contributed by atoms with Gasteiger partial charge >= 0.3 is 11.9 Å². The van der Waals surface area contributed by atoms with Gasteiger partial charge in [-0.1, -0.05) is 43.7 Å². The molecular weight excluding hydrogens is 292 g/mol. The Morgan fingerprint density at radius 1 is 1.24 bits per heavy atom. The Morgan fingerprint density at radius 3 is 2.29 bits per heavy atom. The van der Waals surface area contributed by atoms with E-state index in [1.807, 2.05) is 12.2 Å². The van der Waals surface area contributed by atoms with Gasteiger partial charge in [0.25, 0.3) is 0 Å². The lowest BCUT2D eigenvalue weighted by Crippen LogP contribution is -2.15. The molecule has 0 heterocycles. The van der Waals surface area contributed by atoms with Crippen LogP contribution in [-0.4, -0.2) is 22.2 Å². The van der Waals surface area contributed by atoms with Crippen molar-refractivity contribution in [1.29, 1.82) is 0 Å². The average Bonchev–Trinajstić information content (AvgIpc) is 2.24. The van der Waals surface area contributed by atoms with Crippen LogP contribution in [0.3, 0.4) is 0 Å². The van der Waals surface area contributed by atoms with Gasteiger partial charge in [-0.05, 0) is 42.4 Å². The summed E-state index contributed by atoms with van der Waals surface area (Å²) < 4.78 is 0. The number of carbonyl (C=O) groups is 2. The number of hydrogen-bond donors (Lipinski definition) is 2. The highest BCUT2D eigenvalue weighted by Gasteiger charge is 2.24. The standard InChI is InChI=1S/C16H19ClO4/c1-10(13(14(18)19)15(20)21)5-4-6-11-7-12(17)9-16(2,3)8-11/h4-7H,8-9H2,1-3H3,(H,18,19)(H,20,21)/b5-4+,11-6-. The monoisotopic (exact) mass is 310 g/mol. The van der Waals surface area contributed by atoms with Gasteiger partial charge in [-0.25, -0.2) is 9.59 Å². The molecule has 1 aliphatic carbocycles. The van der Waals surface area contributed by atoms with Crippen LogP contribution < -0.4 is 0 Å². The highest BCUT2D eigenvalue weighted by molar-refractivity contribution is 6.29. The molecule has 0 amide bonds. The number of hydrogen-bond acceptors (Lipinski definition) is 2. The van der Waals surface area contributed by atoms with E-state index in [0.29, 0.717) is 0 Å². The third kappa shape index (κ3) is 5.23. The molecule has 2 N–H and O–H groups in total. The van der Waals surface area contributed by atoms with E-state index in [4.69, 9.17) is 21.8 Å². The molecule has 0 fully saturated rings. The van der Waals surface area contributed by atoms with E-state index in [1.165, 1.54) is 13.0 Å². The Bertz CT molecular complexity index is 561. The highest BCUT2D eigenvalue weighted by Crippen LogP contribution is 2.39. The molecule has 1 rings (SSSR count). The summed E-state index contributed by atoms with van der Waals surface area (Å²) >= 11 is 6.10. The summed E-state index contributed by atoms with van der Waals surface area (Å²) in [5, 5.41) is 18.5. The topological polar surface area (TPSA) is 74.6 Å². The van der Waals surface area contributed by atoms with Gasteiger partial charge < -0.3 is 10.2 Å². The summed E-state index contributed by atoms with van der Waals surface area (Å²) in [6, 6.07) is 0. The van der Waals surface area contributed by atoms with E-state index in [2.05, 4.69) is 13.8 Å². The van der Waals surface area contributed by atoms with Crippen LogP contribution in [0.2, 0.25) is 0 Å². The van der Waals surface area contributed by atoms with Gasteiger partial charge in [0.15, 0.2) is 0 Å². The number of allylic oxidation sites excluding steroid dienone is 7. The third-order valence-corrected chi connectivity index (χ3v) is 3.39. The Kier molecular flexibility index (Phi) is 5.55. The summed E-state index contributed by atoms with van der Waals surface area (Å²) in [6.07, 6.45) is 8.55. The minimum atomic E-state index is -1.45. The van der Waals surface area contributed by atoms with Crippen molar-refractivity contribution in [1.82, 2.24) is 0 Å². The molecule has 0 radical (unpaired) electrons. The van der Waals surface area contributed by atoms with Crippen molar-refractivity contribution >= 4 is 23.5 Å². The first-order chi connectivity index (χ1) is 9.62. The summed E-state index contributed by atoms with van der Waals surface area (Å²) in [7, 11) is 0.